The number of rotatable bonds is 16. The summed E-state index contributed by atoms with van der Waals surface area (Å²) < 4.78 is 243. The molecule has 0 aliphatic rings. The molecule has 0 saturated heterocycles. The van der Waals surface area contributed by atoms with Crippen molar-refractivity contribution in [3.63, 3.8) is 0 Å². The summed E-state index contributed by atoms with van der Waals surface area (Å²) in [5.74, 6) is -42.3. The predicted octanol–water partition coefficient (Wildman–Crippen LogP) is 8.34. The largest absolute Gasteiger partial charge is 0.490 e. The van der Waals surface area contributed by atoms with Crippen LogP contribution in [0.25, 0.3) is 0 Å². The molecule has 0 aromatic heterocycles. The van der Waals surface area contributed by atoms with E-state index in [0.29, 0.717) is 12.1 Å². The van der Waals surface area contributed by atoms with Crippen LogP contribution in [0.3, 0.4) is 0 Å². The van der Waals surface area contributed by atoms with Crippen molar-refractivity contribution in [2.75, 3.05) is 13.2 Å². The molecular weight excluding hydrogens is 688 g/mol. The van der Waals surface area contributed by atoms with E-state index in [2.05, 4.69) is 0 Å². The zero-order valence-electron chi connectivity index (χ0n) is 21.4. The highest BCUT2D eigenvalue weighted by molar-refractivity contribution is 5.54. The second kappa shape index (κ2) is 13.0. The minimum Gasteiger partial charge on any atom is -0.490 e. The maximum absolute atomic E-state index is 13.7. The Kier molecular flexibility index (Phi) is 11.5. The fourth-order valence-corrected chi connectivity index (χ4v) is 3.20. The van der Waals surface area contributed by atoms with Crippen molar-refractivity contribution >= 4 is 5.69 Å². The highest BCUT2D eigenvalue weighted by Gasteiger charge is 2.82. The van der Waals surface area contributed by atoms with Crippen molar-refractivity contribution < 1.29 is 98.5 Å². The zero-order valence-corrected chi connectivity index (χ0v) is 21.4. The average molecular weight is 705 g/mol. The molecule has 0 spiro atoms. The maximum Gasteiger partial charge on any atom is 0.460 e. The lowest BCUT2D eigenvalue weighted by Gasteiger charge is -2.33. The summed E-state index contributed by atoms with van der Waals surface area (Å²) in [5, 5.41) is 20.4. The van der Waals surface area contributed by atoms with Crippen molar-refractivity contribution in [3.05, 3.63) is 27.8 Å². The summed E-state index contributed by atoms with van der Waals surface area (Å²) in [6, 6.07) is 0.794. The Morgan fingerprint density at radius 1 is 0.600 bits per heavy atom. The number of hydrogen-bond donors (Lipinski definition) is 1. The Morgan fingerprint density at radius 3 is 1.22 bits per heavy atom. The van der Waals surface area contributed by atoms with Crippen LogP contribution >= 0.6 is 0 Å². The molecular formula is C21H17F18NO5. The first-order valence-corrected chi connectivity index (χ1v) is 11.5. The molecule has 1 N–H and O–H groups in total. The fourth-order valence-electron chi connectivity index (χ4n) is 3.20. The Morgan fingerprint density at radius 2 is 0.933 bits per heavy atom. The van der Waals surface area contributed by atoms with E-state index in [4.69, 9.17) is 9.47 Å². The molecule has 0 amide bonds. The lowest BCUT2D eigenvalue weighted by Crippen LogP contribution is -2.60. The van der Waals surface area contributed by atoms with Crippen LogP contribution in [0.15, 0.2) is 12.1 Å². The van der Waals surface area contributed by atoms with Gasteiger partial charge in [0.1, 0.15) is 0 Å². The smallest absolute Gasteiger partial charge is 0.460 e. The number of hydrogen-bond acceptors (Lipinski definition) is 5. The molecule has 0 unspecified atom stereocenters. The normalized spacial score (nSPS) is 14.5. The number of alkyl halides is 18. The van der Waals surface area contributed by atoms with Crippen LogP contribution in [0.2, 0.25) is 0 Å². The van der Waals surface area contributed by atoms with Crippen molar-refractivity contribution in [2.45, 2.75) is 80.2 Å². The summed E-state index contributed by atoms with van der Waals surface area (Å²) in [6.45, 7) is -3.82. The Bertz CT molecular complexity index is 1180. The molecule has 0 radical (unpaired) electrons. The second-order valence-corrected chi connectivity index (χ2v) is 8.95. The predicted molar refractivity (Wildman–Crippen MR) is 110 cm³/mol. The van der Waals surface area contributed by atoms with Gasteiger partial charge in [-0.05, 0) is 18.9 Å². The first-order chi connectivity index (χ1) is 19.9. The first kappa shape index (κ1) is 39.9. The number of halogens is 18. The minimum atomic E-state index is -7.20. The van der Waals surface area contributed by atoms with E-state index in [1.807, 2.05) is 0 Å². The number of aliphatic hydroxyl groups is 1. The van der Waals surface area contributed by atoms with Gasteiger partial charge in [-0.25, -0.2) is 0 Å². The first-order valence-electron chi connectivity index (χ1n) is 11.5. The number of nitrogens with zero attached hydrogens (tertiary/aromatic N) is 1. The van der Waals surface area contributed by atoms with Crippen molar-refractivity contribution in [2.24, 2.45) is 0 Å². The van der Waals surface area contributed by atoms with E-state index in [9.17, 15) is 94.2 Å². The Balaban J connectivity index is 3.11. The standard InChI is InChI=1S/C21H17F18NO5/c22-14(23,16(26,27)18(30,31)20(34,35)36)3-1-5-44-12-7-10(9-41)11(40(42)43)8-13(12)45-6-2-4-15(24,25)17(28,29)19(32,33)21(37,38)39/h7-8,41H,1-6,9H2. The average Bonchev–Trinajstić information content (AvgIpc) is 2.87. The van der Waals surface area contributed by atoms with Gasteiger partial charge in [-0.15, -0.1) is 0 Å². The third-order valence-corrected chi connectivity index (χ3v) is 5.72. The topological polar surface area (TPSA) is 81.8 Å². The van der Waals surface area contributed by atoms with Crippen LogP contribution in [0, 0.1) is 10.1 Å². The molecule has 0 saturated carbocycles. The van der Waals surface area contributed by atoms with Gasteiger partial charge in [0.05, 0.1) is 36.4 Å². The van der Waals surface area contributed by atoms with E-state index < -0.39 is 121 Å². The molecule has 45 heavy (non-hydrogen) atoms. The van der Waals surface area contributed by atoms with Gasteiger partial charge in [0.15, 0.2) is 11.5 Å². The van der Waals surface area contributed by atoms with Gasteiger partial charge in [0.25, 0.3) is 5.69 Å². The minimum absolute atomic E-state index is 0.318. The van der Waals surface area contributed by atoms with Gasteiger partial charge in [0.2, 0.25) is 0 Å². The molecule has 0 aliphatic heterocycles. The molecule has 0 bridgehead atoms. The lowest BCUT2D eigenvalue weighted by atomic mass is 10.00. The van der Waals surface area contributed by atoms with Gasteiger partial charge >= 0.3 is 47.9 Å². The number of nitro groups is 1. The van der Waals surface area contributed by atoms with Crippen LogP contribution in [-0.2, 0) is 6.61 Å². The van der Waals surface area contributed by atoms with Crippen LogP contribution in [-0.4, -0.2) is 71.1 Å². The van der Waals surface area contributed by atoms with Gasteiger partial charge in [-0.1, -0.05) is 0 Å². The van der Waals surface area contributed by atoms with Crippen LogP contribution in [0.5, 0.6) is 11.5 Å². The number of benzene rings is 1. The lowest BCUT2D eigenvalue weighted by molar-refractivity contribution is -0.396. The number of nitro benzene ring substituents is 1. The highest BCUT2D eigenvalue weighted by atomic mass is 19.4. The number of aliphatic hydroxyl groups excluding tert-OH is 1. The summed E-state index contributed by atoms with van der Waals surface area (Å²) in [5.41, 5.74) is -1.73. The quantitative estimate of drug-likeness (QED) is 0.0810. The molecule has 6 nitrogen and oxygen atoms in total. The van der Waals surface area contributed by atoms with Gasteiger partial charge in [-0.2, -0.15) is 79.0 Å². The molecule has 0 aliphatic carbocycles. The third kappa shape index (κ3) is 7.84. The molecule has 1 aromatic carbocycles. The van der Waals surface area contributed by atoms with E-state index >= 15 is 0 Å². The SMILES string of the molecule is O=[N+]([O-])c1cc(OCCCC(F)(F)C(F)(F)C(F)(F)C(F)(F)F)c(OCCCC(F)(F)C(F)(F)C(F)(F)C(F)(F)F)cc1CO. The van der Waals surface area contributed by atoms with Crippen molar-refractivity contribution in [1.82, 2.24) is 0 Å². The summed E-state index contributed by atoms with van der Waals surface area (Å²) in [7, 11) is 0. The van der Waals surface area contributed by atoms with E-state index in [1.165, 1.54) is 0 Å². The number of ether oxygens (including phenoxy) is 2. The maximum atomic E-state index is 13.7. The zero-order chi connectivity index (χ0) is 35.7. The third-order valence-electron chi connectivity index (χ3n) is 5.72. The fraction of sp³-hybridized carbons (Fsp3) is 0.714. The summed E-state index contributed by atoms with van der Waals surface area (Å²) in [4.78, 5) is 9.94. The Labute approximate surface area is 238 Å². The van der Waals surface area contributed by atoms with E-state index in [0.717, 1.165) is 0 Å². The highest BCUT2D eigenvalue weighted by Crippen LogP contribution is 2.55. The molecule has 1 aromatic rings. The molecule has 262 valence electrons. The molecule has 1 rings (SSSR count). The van der Waals surface area contributed by atoms with Crippen LogP contribution in [0.1, 0.15) is 31.2 Å². The van der Waals surface area contributed by atoms with E-state index in [-0.39, 0.29) is 0 Å². The molecule has 24 heteroatoms. The summed E-state index contributed by atoms with van der Waals surface area (Å²) >= 11 is 0. The van der Waals surface area contributed by atoms with E-state index in [1.54, 1.807) is 0 Å². The van der Waals surface area contributed by atoms with Crippen molar-refractivity contribution in [1.29, 1.82) is 0 Å². The van der Waals surface area contributed by atoms with Gasteiger partial charge in [-0.3, -0.25) is 10.1 Å². The monoisotopic (exact) mass is 705 g/mol. The molecule has 0 heterocycles. The van der Waals surface area contributed by atoms with Gasteiger partial charge < -0.3 is 14.6 Å². The van der Waals surface area contributed by atoms with Gasteiger partial charge in [0, 0.05) is 12.8 Å². The molecule has 0 fully saturated rings. The van der Waals surface area contributed by atoms with Crippen LogP contribution < -0.4 is 9.47 Å². The Hall–Kier alpha value is -3.08. The summed E-state index contributed by atoms with van der Waals surface area (Å²) in [6.07, 6.45) is -21.9. The van der Waals surface area contributed by atoms with Crippen LogP contribution in [0.4, 0.5) is 84.7 Å². The molecule has 0 atom stereocenters. The van der Waals surface area contributed by atoms with Crippen molar-refractivity contribution in [3.8, 4) is 11.5 Å². The second-order valence-electron chi connectivity index (χ2n) is 8.95.